The van der Waals surface area contributed by atoms with E-state index >= 15 is 0 Å². The van der Waals surface area contributed by atoms with Gasteiger partial charge in [0.2, 0.25) is 0 Å². The zero-order valence-corrected chi connectivity index (χ0v) is 17.4. The molecule has 0 radical (unpaired) electrons. The molecule has 4 aliphatic carbocycles. The molecule has 0 amide bonds. The molecule has 0 saturated heterocycles. The van der Waals surface area contributed by atoms with E-state index in [0.717, 1.165) is 25.7 Å². The van der Waals surface area contributed by atoms with Gasteiger partial charge >= 0.3 is 5.97 Å². The summed E-state index contributed by atoms with van der Waals surface area (Å²) in [6, 6.07) is 0. The van der Waals surface area contributed by atoms with E-state index in [0.29, 0.717) is 61.6 Å². The van der Waals surface area contributed by atoms with Crippen molar-refractivity contribution >= 4 is 17.5 Å². The Kier molecular flexibility index (Phi) is 4.87. The lowest BCUT2D eigenvalue weighted by Crippen LogP contribution is -2.45. The summed E-state index contributed by atoms with van der Waals surface area (Å²) in [4.78, 5) is 37.0. The van der Waals surface area contributed by atoms with Gasteiger partial charge in [-0.3, -0.25) is 14.4 Å². The number of esters is 1. The van der Waals surface area contributed by atoms with Gasteiger partial charge in [0, 0.05) is 24.7 Å². The first-order valence-corrected chi connectivity index (χ1v) is 10.8. The Morgan fingerprint density at radius 2 is 1.96 bits per heavy atom. The van der Waals surface area contributed by atoms with Crippen LogP contribution in [0.1, 0.15) is 72.1 Å². The molecule has 0 aromatic rings. The Labute approximate surface area is 167 Å². The maximum Gasteiger partial charge on any atom is 0.311 e. The molecule has 0 bridgehead atoms. The molecule has 4 atom stereocenters. The number of hydrogen-bond donors (Lipinski definition) is 0. The standard InChI is InChI=1S/C24H32O4/c1-23(2,3)22(27)28-13-12-24-11-10-18-17-7-5-16(25)14-15(17)4-6-19(18)20(24)8-9-21(24)26/h4,6,18-20H,5,7-14H2,1-3H3/t18?,19?,20?,24-/m1/s1. The number of ether oxygens (including phenoxy) is 1. The van der Waals surface area contributed by atoms with Crippen molar-refractivity contribution in [2.45, 2.75) is 72.1 Å². The topological polar surface area (TPSA) is 60.4 Å². The van der Waals surface area contributed by atoms with E-state index in [-0.39, 0.29) is 11.4 Å². The van der Waals surface area contributed by atoms with E-state index in [1.165, 1.54) is 11.1 Å². The van der Waals surface area contributed by atoms with E-state index in [1.807, 2.05) is 20.8 Å². The van der Waals surface area contributed by atoms with E-state index < -0.39 is 5.41 Å². The van der Waals surface area contributed by atoms with Crippen LogP contribution < -0.4 is 0 Å². The summed E-state index contributed by atoms with van der Waals surface area (Å²) in [6.07, 6.45) is 10.8. The first kappa shape index (κ1) is 19.6. The largest absolute Gasteiger partial charge is 0.465 e. The summed E-state index contributed by atoms with van der Waals surface area (Å²) in [5, 5.41) is 0. The van der Waals surface area contributed by atoms with Gasteiger partial charge in [0.1, 0.15) is 11.6 Å². The summed E-state index contributed by atoms with van der Waals surface area (Å²) in [5.74, 6) is 1.76. The fourth-order valence-electron chi connectivity index (χ4n) is 6.12. The molecule has 0 N–H and O–H groups in total. The fraction of sp³-hybridized carbons (Fsp3) is 0.708. The van der Waals surface area contributed by atoms with Crippen LogP contribution in [0, 0.1) is 28.6 Å². The van der Waals surface area contributed by atoms with Gasteiger partial charge in [-0.1, -0.05) is 17.7 Å². The third-order valence-electron chi connectivity index (χ3n) is 7.61. The zero-order valence-electron chi connectivity index (χ0n) is 17.4. The Bertz CT molecular complexity index is 766. The fourth-order valence-corrected chi connectivity index (χ4v) is 6.12. The number of carbonyl (C=O) groups excluding carboxylic acids is 3. The molecule has 0 spiro atoms. The van der Waals surface area contributed by atoms with Crippen molar-refractivity contribution in [3.8, 4) is 0 Å². The molecule has 4 heteroatoms. The Morgan fingerprint density at radius 1 is 1.18 bits per heavy atom. The van der Waals surface area contributed by atoms with Crippen LogP contribution in [0.5, 0.6) is 0 Å². The Balaban J connectivity index is 1.51. The molecule has 2 fully saturated rings. The molecule has 4 nitrogen and oxygen atoms in total. The van der Waals surface area contributed by atoms with Gasteiger partial charge in [0.05, 0.1) is 12.0 Å². The predicted octanol–water partition coefficient (Wildman–Crippen LogP) is 4.58. The van der Waals surface area contributed by atoms with Crippen LogP contribution in [0.15, 0.2) is 23.3 Å². The molecule has 0 heterocycles. The highest BCUT2D eigenvalue weighted by atomic mass is 16.5. The van der Waals surface area contributed by atoms with Crippen molar-refractivity contribution in [1.82, 2.24) is 0 Å². The summed E-state index contributed by atoms with van der Waals surface area (Å²) in [5.41, 5.74) is 1.89. The number of Topliss-reactive ketones (excluding diaryl/α,β-unsaturated/α-hetero) is 2. The molecule has 4 rings (SSSR count). The van der Waals surface area contributed by atoms with Crippen LogP contribution in [-0.2, 0) is 19.1 Å². The first-order chi connectivity index (χ1) is 13.2. The van der Waals surface area contributed by atoms with Crippen LogP contribution >= 0.6 is 0 Å². The monoisotopic (exact) mass is 384 g/mol. The molecule has 2 saturated carbocycles. The number of carbonyl (C=O) groups is 3. The molecule has 0 aromatic carbocycles. The maximum absolute atomic E-state index is 13.0. The van der Waals surface area contributed by atoms with Gasteiger partial charge in [-0.15, -0.1) is 0 Å². The molecule has 0 aliphatic heterocycles. The van der Waals surface area contributed by atoms with Crippen molar-refractivity contribution in [2.75, 3.05) is 6.61 Å². The Morgan fingerprint density at radius 3 is 2.71 bits per heavy atom. The average Bonchev–Trinajstić information content (AvgIpc) is 2.97. The van der Waals surface area contributed by atoms with Crippen molar-refractivity contribution in [3.63, 3.8) is 0 Å². The molecular formula is C24H32O4. The van der Waals surface area contributed by atoms with E-state index in [2.05, 4.69) is 12.2 Å². The first-order valence-electron chi connectivity index (χ1n) is 10.8. The summed E-state index contributed by atoms with van der Waals surface area (Å²) in [7, 11) is 0. The van der Waals surface area contributed by atoms with E-state index in [1.54, 1.807) is 0 Å². The predicted molar refractivity (Wildman–Crippen MR) is 106 cm³/mol. The number of allylic oxidation sites excluding steroid dienone is 4. The molecule has 0 aromatic heterocycles. The second-order valence-corrected chi connectivity index (χ2v) is 10.2. The number of ketones is 2. The maximum atomic E-state index is 13.0. The van der Waals surface area contributed by atoms with Crippen LogP contribution in [0.4, 0.5) is 0 Å². The summed E-state index contributed by atoms with van der Waals surface area (Å²) in [6.45, 7) is 5.90. The van der Waals surface area contributed by atoms with Gasteiger partial charge in [-0.25, -0.2) is 0 Å². The van der Waals surface area contributed by atoms with E-state index in [9.17, 15) is 14.4 Å². The highest BCUT2D eigenvalue weighted by molar-refractivity contribution is 5.88. The minimum Gasteiger partial charge on any atom is -0.465 e. The second-order valence-electron chi connectivity index (χ2n) is 10.2. The number of fused-ring (bicyclic) bond motifs is 4. The highest BCUT2D eigenvalue weighted by Crippen LogP contribution is 2.59. The SMILES string of the molecule is CC(C)(C)C(=O)OCC[C@]12CCC3C4=C(C=CC3C1CCC2=O)CC(=O)CC4. The molecular weight excluding hydrogens is 352 g/mol. The summed E-state index contributed by atoms with van der Waals surface area (Å²) < 4.78 is 5.54. The van der Waals surface area contributed by atoms with Crippen molar-refractivity contribution in [2.24, 2.45) is 28.6 Å². The van der Waals surface area contributed by atoms with Crippen molar-refractivity contribution in [1.29, 1.82) is 0 Å². The van der Waals surface area contributed by atoms with Gasteiger partial charge in [-0.05, 0) is 76.2 Å². The highest BCUT2D eigenvalue weighted by Gasteiger charge is 2.56. The lowest BCUT2D eigenvalue weighted by Gasteiger charge is -2.49. The van der Waals surface area contributed by atoms with Crippen LogP contribution in [0.2, 0.25) is 0 Å². The van der Waals surface area contributed by atoms with Crippen LogP contribution in [0.25, 0.3) is 0 Å². The number of hydrogen-bond acceptors (Lipinski definition) is 4. The third-order valence-corrected chi connectivity index (χ3v) is 7.61. The van der Waals surface area contributed by atoms with E-state index in [4.69, 9.17) is 4.74 Å². The smallest absolute Gasteiger partial charge is 0.311 e. The minimum atomic E-state index is -0.512. The lowest BCUT2D eigenvalue weighted by molar-refractivity contribution is -0.155. The van der Waals surface area contributed by atoms with Gasteiger partial charge in [0.25, 0.3) is 0 Å². The van der Waals surface area contributed by atoms with Gasteiger partial charge in [0.15, 0.2) is 0 Å². The normalized spacial score (nSPS) is 34.8. The minimum absolute atomic E-state index is 0.196. The molecule has 4 aliphatic rings. The molecule has 28 heavy (non-hydrogen) atoms. The second kappa shape index (κ2) is 6.96. The van der Waals surface area contributed by atoms with Crippen LogP contribution in [0.3, 0.4) is 0 Å². The Hall–Kier alpha value is -1.71. The van der Waals surface area contributed by atoms with Crippen LogP contribution in [-0.4, -0.2) is 24.1 Å². The van der Waals surface area contributed by atoms with Gasteiger partial charge < -0.3 is 4.74 Å². The van der Waals surface area contributed by atoms with Crippen molar-refractivity contribution < 1.29 is 19.1 Å². The van der Waals surface area contributed by atoms with Crippen molar-refractivity contribution in [3.05, 3.63) is 23.3 Å². The van der Waals surface area contributed by atoms with Gasteiger partial charge in [-0.2, -0.15) is 0 Å². The average molecular weight is 385 g/mol. The zero-order chi connectivity index (χ0) is 20.1. The molecule has 152 valence electrons. The lowest BCUT2D eigenvalue weighted by atomic mass is 9.54. The summed E-state index contributed by atoms with van der Waals surface area (Å²) >= 11 is 0. The molecule has 3 unspecified atom stereocenters. The number of rotatable bonds is 3. The quantitative estimate of drug-likeness (QED) is 0.669. The third kappa shape index (κ3) is 3.19.